The minimum atomic E-state index is 0.686. The standard InChI is InChI=1S/C9H13NS/c1-2-8-3-5-9(6-4-8)10-7-11/h3-6,10-11H,2,7H2,1H3. The van der Waals surface area contributed by atoms with E-state index in [9.17, 15) is 0 Å². The molecule has 0 saturated carbocycles. The highest BCUT2D eigenvalue weighted by Crippen LogP contribution is 2.09. The molecule has 1 aromatic rings. The second kappa shape index (κ2) is 4.29. The molecular formula is C9H13NS. The monoisotopic (exact) mass is 167 g/mol. The van der Waals surface area contributed by atoms with Crippen LogP contribution in [-0.4, -0.2) is 5.88 Å². The maximum Gasteiger partial charge on any atom is 0.0581 e. The summed E-state index contributed by atoms with van der Waals surface area (Å²) in [6.07, 6.45) is 1.10. The maximum absolute atomic E-state index is 4.07. The second-order valence-corrected chi connectivity index (χ2v) is 2.70. The SMILES string of the molecule is CCc1ccc(NCS)cc1. The second-order valence-electron chi connectivity index (χ2n) is 2.39. The Balaban J connectivity index is 2.66. The molecule has 0 saturated heterocycles. The summed E-state index contributed by atoms with van der Waals surface area (Å²) in [6.45, 7) is 2.15. The molecule has 0 amide bonds. The molecule has 1 aromatic carbocycles. The normalized spacial score (nSPS) is 9.64. The Morgan fingerprint density at radius 3 is 2.36 bits per heavy atom. The van der Waals surface area contributed by atoms with E-state index in [2.05, 4.69) is 49.1 Å². The van der Waals surface area contributed by atoms with Crippen LogP contribution in [0.15, 0.2) is 24.3 Å². The van der Waals surface area contributed by atoms with Gasteiger partial charge in [-0.1, -0.05) is 19.1 Å². The van der Waals surface area contributed by atoms with Gasteiger partial charge in [0.2, 0.25) is 0 Å². The van der Waals surface area contributed by atoms with E-state index in [1.54, 1.807) is 0 Å². The summed E-state index contributed by atoms with van der Waals surface area (Å²) in [7, 11) is 0. The lowest BCUT2D eigenvalue weighted by Crippen LogP contribution is -1.93. The summed E-state index contributed by atoms with van der Waals surface area (Å²) in [5.41, 5.74) is 2.51. The lowest BCUT2D eigenvalue weighted by molar-refractivity contribution is 1.14. The number of thiol groups is 1. The largest absolute Gasteiger partial charge is 0.376 e. The first-order valence-electron chi connectivity index (χ1n) is 3.80. The Bertz CT molecular complexity index is 205. The summed E-state index contributed by atoms with van der Waals surface area (Å²) in [5.74, 6) is 0.686. The minimum Gasteiger partial charge on any atom is -0.376 e. The van der Waals surface area contributed by atoms with Crippen LogP contribution in [0.1, 0.15) is 12.5 Å². The smallest absolute Gasteiger partial charge is 0.0581 e. The van der Waals surface area contributed by atoms with Gasteiger partial charge in [0.1, 0.15) is 0 Å². The number of anilines is 1. The highest BCUT2D eigenvalue weighted by molar-refractivity contribution is 7.80. The number of hydrogen-bond donors (Lipinski definition) is 2. The highest BCUT2D eigenvalue weighted by Gasteiger charge is 1.89. The van der Waals surface area contributed by atoms with Gasteiger partial charge < -0.3 is 5.32 Å². The van der Waals surface area contributed by atoms with Crippen LogP contribution in [0, 0.1) is 0 Å². The number of hydrogen-bond acceptors (Lipinski definition) is 2. The number of rotatable bonds is 3. The molecule has 0 unspecified atom stereocenters. The zero-order chi connectivity index (χ0) is 8.10. The Hall–Kier alpha value is -0.630. The van der Waals surface area contributed by atoms with Crippen LogP contribution in [-0.2, 0) is 6.42 Å². The molecule has 0 radical (unpaired) electrons. The topological polar surface area (TPSA) is 12.0 Å². The molecule has 11 heavy (non-hydrogen) atoms. The molecule has 0 atom stereocenters. The molecule has 0 heterocycles. The van der Waals surface area contributed by atoms with E-state index in [0.29, 0.717) is 5.88 Å². The van der Waals surface area contributed by atoms with Gasteiger partial charge in [-0.05, 0) is 24.1 Å². The third kappa shape index (κ3) is 2.46. The van der Waals surface area contributed by atoms with Gasteiger partial charge in [0.05, 0.1) is 5.88 Å². The zero-order valence-electron chi connectivity index (χ0n) is 6.67. The highest BCUT2D eigenvalue weighted by atomic mass is 32.1. The average Bonchev–Trinajstić information content (AvgIpc) is 2.07. The fourth-order valence-corrected chi connectivity index (χ4v) is 1.13. The van der Waals surface area contributed by atoms with Crippen LogP contribution >= 0.6 is 12.6 Å². The van der Waals surface area contributed by atoms with E-state index in [1.165, 1.54) is 5.56 Å². The van der Waals surface area contributed by atoms with Crippen LogP contribution in [0.5, 0.6) is 0 Å². The predicted octanol–water partition coefficient (Wildman–Crippen LogP) is 2.55. The Labute approximate surface area is 73.2 Å². The van der Waals surface area contributed by atoms with Crippen LogP contribution in [0.4, 0.5) is 5.69 Å². The summed E-state index contributed by atoms with van der Waals surface area (Å²) in [5, 5.41) is 3.12. The fraction of sp³-hybridized carbons (Fsp3) is 0.333. The van der Waals surface area contributed by atoms with Crippen molar-refractivity contribution in [2.75, 3.05) is 11.2 Å². The van der Waals surface area contributed by atoms with Crippen molar-refractivity contribution in [1.82, 2.24) is 0 Å². The lowest BCUT2D eigenvalue weighted by Gasteiger charge is -2.02. The third-order valence-corrected chi connectivity index (χ3v) is 1.80. The molecule has 0 aliphatic carbocycles. The van der Waals surface area contributed by atoms with Crippen LogP contribution in [0.2, 0.25) is 0 Å². The van der Waals surface area contributed by atoms with E-state index < -0.39 is 0 Å². The van der Waals surface area contributed by atoms with Crippen molar-refractivity contribution in [3.05, 3.63) is 29.8 Å². The van der Waals surface area contributed by atoms with E-state index in [-0.39, 0.29) is 0 Å². The summed E-state index contributed by atoms with van der Waals surface area (Å²) in [4.78, 5) is 0. The summed E-state index contributed by atoms with van der Waals surface area (Å²) >= 11 is 4.07. The van der Waals surface area contributed by atoms with E-state index in [0.717, 1.165) is 12.1 Å². The Morgan fingerprint density at radius 2 is 1.91 bits per heavy atom. The van der Waals surface area contributed by atoms with Gasteiger partial charge in [0.15, 0.2) is 0 Å². The van der Waals surface area contributed by atoms with Crippen LogP contribution in [0.25, 0.3) is 0 Å². The van der Waals surface area contributed by atoms with Crippen molar-refractivity contribution in [1.29, 1.82) is 0 Å². The quantitative estimate of drug-likeness (QED) is 0.521. The molecule has 1 rings (SSSR count). The predicted molar refractivity (Wildman–Crippen MR) is 53.3 cm³/mol. The maximum atomic E-state index is 4.07. The Kier molecular flexibility index (Phi) is 3.30. The van der Waals surface area contributed by atoms with Gasteiger partial charge >= 0.3 is 0 Å². The molecule has 0 aliphatic rings. The van der Waals surface area contributed by atoms with Crippen molar-refractivity contribution < 1.29 is 0 Å². The molecular weight excluding hydrogens is 154 g/mol. The van der Waals surface area contributed by atoms with Gasteiger partial charge in [-0.3, -0.25) is 0 Å². The molecule has 0 aliphatic heterocycles. The molecule has 2 heteroatoms. The molecule has 0 spiro atoms. The Morgan fingerprint density at radius 1 is 1.27 bits per heavy atom. The van der Waals surface area contributed by atoms with Crippen molar-refractivity contribution >= 4 is 18.3 Å². The van der Waals surface area contributed by atoms with Gasteiger partial charge in [-0.25, -0.2) is 0 Å². The first-order chi connectivity index (χ1) is 5.36. The van der Waals surface area contributed by atoms with Gasteiger partial charge in [-0.2, -0.15) is 12.6 Å². The van der Waals surface area contributed by atoms with E-state index >= 15 is 0 Å². The molecule has 0 aromatic heterocycles. The van der Waals surface area contributed by atoms with Gasteiger partial charge in [0, 0.05) is 5.69 Å². The molecule has 60 valence electrons. The zero-order valence-corrected chi connectivity index (χ0v) is 7.57. The summed E-state index contributed by atoms with van der Waals surface area (Å²) < 4.78 is 0. The first-order valence-corrected chi connectivity index (χ1v) is 4.43. The van der Waals surface area contributed by atoms with Gasteiger partial charge in [-0.15, -0.1) is 0 Å². The van der Waals surface area contributed by atoms with Crippen LogP contribution < -0.4 is 5.32 Å². The van der Waals surface area contributed by atoms with Gasteiger partial charge in [0.25, 0.3) is 0 Å². The van der Waals surface area contributed by atoms with E-state index in [1.807, 2.05) is 0 Å². The van der Waals surface area contributed by atoms with Crippen LogP contribution in [0.3, 0.4) is 0 Å². The molecule has 1 nitrogen and oxygen atoms in total. The first kappa shape index (κ1) is 8.47. The average molecular weight is 167 g/mol. The molecule has 0 bridgehead atoms. The van der Waals surface area contributed by atoms with Crippen molar-refractivity contribution in [3.63, 3.8) is 0 Å². The molecule has 0 fully saturated rings. The lowest BCUT2D eigenvalue weighted by atomic mass is 10.1. The number of nitrogens with one attached hydrogen (secondary N) is 1. The molecule has 1 N–H and O–H groups in total. The minimum absolute atomic E-state index is 0.686. The van der Waals surface area contributed by atoms with Crippen molar-refractivity contribution in [2.45, 2.75) is 13.3 Å². The van der Waals surface area contributed by atoms with Crippen molar-refractivity contribution in [2.24, 2.45) is 0 Å². The number of benzene rings is 1. The summed E-state index contributed by atoms with van der Waals surface area (Å²) in [6, 6.07) is 8.42. The van der Waals surface area contributed by atoms with Crippen molar-refractivity contribution in [3.8, 4) is 0 Å². The number of aryl methyl sites for hydroxylation is 1. The van der Waals surface area contributed by atoms with E-state index in [4.69, 9.17) is 0 Å². The third-order valence-electron chi connectivity index (χ3n) is 1.65. The fourth-order valence-electron chi connectivity index (χ4n) is 0.950.